The Bertz CT molecular complexity index is 1100. The first-order valence-electron chi connectivity index (χ1n) is 12.1. The van der Waals surface area contributed by atoms with Crippen LogP contribution in [0.15, 0.2) is 36.4 Å². The zero-order chi connectivity index (χ0) is 27.1. The van der Waals surface area contributed by atoms with Crippen LogP contribution in [0.5, 0.6) is 5.75 Å². The highest BCUT2D eigenvalue weighted by molar-refractivity contribution is 5.99. The van der Waals surface area contributed by atoms with Gasteiger partial charge < -0.3 is 24.4 Å². The molecule has 10 heteroatoms. The molecule has 2 aromatic carbocycles. The van der Waals surface area contributed by atoms with E-state index in [9.17, 15) is 18.4 Å². The molecule has 0 fully saturated rings. The third-order valence-corrected chi connectivity index (χ3v) is 6.51. The van der Waals surface area contributed by atoms with Crippen molar-refractivity contribution in [3.8, 4) is 5.75 Å². The number of fused-ring (bicyclic) bond motifs is 1. The molecule has 0 radical (unpaired) electrons. The number of rotatable bonds is 6. The highest BCUT2D eigenvalue weighted by Crippen LogP contribution is 2.27. The molecule has 0 aliphatic carbocycles. The van der Waals surface area contributed by atoms with E-state index in [2.05, 4.69) is 5.32 Å². The SMILES string of the molecule is COCC(=O)Nc1ccc2c(c1)C(=O)N(C)C[C@H](OC)[C@@H](C)CN(Cc1cc(F)ccc1F)[C@H](C)CO2. The number of hydrogen-bond donors (Lipinski definition) is 1. The molecule has 0 saturated heterocycles. The number of likely N-dealkylation sites (N-methyl/N-ethyl adjacent to an activating group) is 1. The molecule has 2 amide bonds. The second-order valence-electron chi connectivity index (χ2n) is 9.45. The predicted octanol–water partition coefficient (Wildman–Crippen LogP) is 3.56. The van der Waals surface area contributed by atoms with E-state index < -0.39 is 11.6 Å². The van der Waals surface area contributed by atoms with Crippen LogP contribution in [-0.4, -0.2) is 81.3 Å². The minimum Gasteiger partial charge on any atom is -0.491 e. The summed E-state index contributed by atoms with van der Waals surface area (Å²) >= 11 is 0. The molecule has 1 aliphatic heterocycles. The predicted molar refractivity (Wildman–Crippen MR) is 136 cm³/mol. The molecule has 0 unspecified atom stereocenters. The summed E-state index contributed by atoms with van der Waals surface area (Å²) < 4.78 is 45.0. The Morgan fingerprint density at radius 3 is 2.59 bits per heavy atom. The summed E-state index contributed by atoms with van der Waals surface area (Å²) in [6, 6.07) is 8.08. The molecule has 3 rings (SSSR count). The van der Waals surface area contributed by atoms with Gasteiger partial charge in [0.1, 0.15) is 30.6 Å². The van der Waals surface area contributed by atoms with Crippen LogP contribution in [0.3, 0.4) is 0 Å². The van der Waals surface area contributed by atoms with Crippen molar-refractivity contribution in [3.63, 3.8) is 0 Å². The van der Waals surface area contributed by atoms with Crippen LogP contribution in [0.4, 0.5) is 14.5 Å². The van der Waals surface area contributed by atoms with Gasteiger partial charge in [0.2, 0.25) is 5.91 Å². The van der Waals surface area contributed by atoms with Crippen LogP contribution in [0.2, 0.25) is 0 Å². The fourth-order valence-electron chi connectivity index (χ4n) is 4.36. The number of carbonyl (C=O) groups excluding carboxylic acids is 2. The van der Waals surface area contributed by atoms with E-state index in [-0.39, 0.29) is 60.8 Å². The van der Waals surface area contributed by atoms with Gasteiger partial charge in [-0.2, -0.15) is 0 Å². The second-order valence-corrected chi connectivity index (χ2v) is 9.45. The van der Waals surface area contributed by atoms with E-state index >= 15 is 0 Å². The number of nitrogens with one attached hydrogen (secondary N) is 1. The second kappa shape index (κ2) is 12.9. The van der Waals surface area contributed by atoms with Crippen LogP contribution in [0, 0.1) is 17.6 Å². The van der Waals surface area contributed by atoms with E-state index in [1.807, 2.05) is 18.7 Å². The maximum atomic E-state index is 14.5. The van der Waals surface area contributed by atoms with Gasteiger partial charge in [0.25, 0.3) is 5.91 Å². The molecule has 1 N–H and O–H groups in total. The lowest BCUT2D eigenvalue weighted by Crippen LogP contribution is -2.46. The van der Waals surface area contributed by atoms with Crippen molar-refractivity contribution in [3.05, 3.63) is 59.2 Å². The standard InChI is InChI=1S/C27H35F2N3O5/c1-17-12-32(13-19-10-20(28)6-8-23(19)29)18(2)15-37-24-9-7-21(30-26(33)16-35-4)11-22(24)27(34)31(3)14-25(17)36-5/h6-11,17-18,25H,12-16H2,1-5H3,(H,30,33)/t17-,18+,25-/m0/s1. The first-order valence-corrected chi connectivity index (χ1v) is 12.1. The summed E-state index contributed by atoms with van der Waals surface area (Å²) in [4.78, 5) is 29.0. The van der Waals surface area contributed by atoms with Gasteiger partial charge >= 0.3 is 0 Å². The minimum absolute atomic E-state index is 0.0436. The van der Waals surface area contributed by atoms with Gasteiger partial charge in [0.05, 0.1) is 11.7 Å². The van der Waals surface area contributed by atoms with E-state index in [1.54, 1.807) is 37.3 Å². The van der Waals surface area contributed by atoms with Crippen molar-refractivity contribution in [2.75, 3.05) is 52.9 Å². The molecule has 8 nitrogen and oxygen atoms in total. The maximum absolute atomic E-state index is 14.5. The van der Waals surface area contributed by atoms with E-state index in [0.717, 1.165) is 12.1 Å². The number of hydrogen-bond acceptors (Lipinski definition) is 6. The van der Waals surface area contributed by atoms with Crippen molar-refractivity contribution in [2.24, 2.45) is 5.92 Å². The zero-order valence-corrected chi connectivity index (χ0v) is 21.9. The molecule has 37 heavy (non-hydrogen) atoms. The zero-order valence-electron chi connectivity index (χ0n) is 21.9. The quantitative estimate of drug-likeness (QED) is 0.629. The molecular formula is C27H35F2N3O5. The molecule has 0 aromatic heterocycles. The fraction of sp³-hybridized carbons (Fsp3) is 0.481. The van der Waals surface area contributed by atoms with Crippen molar-refractivity contribution >= 4 is 17.5 Å². The van der Waals surface area contributed by atoms with Crippen molar-refractivity contribution < 1.29 is 32.6 Å². The third-order valence-electron chi connectivity index (χ3n) is 6.51. The highest BCUT2D eigenvalue weighted by atomic mass is 19.1. The number of methoxy groups -OCH3 is 2. The van der Waals surface area contributed by atoms with Crippen molar-refractivity contribution in [1.29, 1.82) is 0 Å². The minimum atomic E-state index is -0.500. The van der Waals surface area contributed by atoms with Crippen LogP contribution in [0.25, 0.3) is 0 Å². The lowest BCUT2D eigenvalue weighted by atomic mass is 10.0. The highest BCUT2D eigenvalue weighted by Gasteiger charge is 2.29. The Hall–Kier alpha value is -3.08. The summed E-state index contributed by atoms with van der Waals surface area (Å²) in [5.41, 5.74) is 0.978. The van der Waals surface area contributed by atoms with Crippen LogP contribution < -0.4 is 10.1 Å². The third kappa shape index (κ3) is 7.47. The van der Waals surface area contributed by atoms with Crippen molar-refractivity contribution in [2.45, 2.75) is 32.5 Å². The Labute approximate surface area is 216 Å². The van der Waals surface area contributed by atoms with E-state index in [0.29, 0.717) is 24.5 Å². The molecule has 1 heterocycles. The molecular weight excluding hydrogens is 484 g/mol. The molecule has 202 valence electrons. The Morgan fingerprint density at radius 2 is 1.89 bits per heavy atom. The maximum Gasteiger partial charge on any atom is 0.257 e. The Morgan fingerprint density at radius 1 is 1.14 bits per heavy atom. The number of benzene rings is 2. The van der Waals surface area contributed by atoms with Gasteiger partial charge in [-0.15, -0.1) is 0 Å². The van der Waals surface area contributed by atoms with Crippen LogP contribution in [0.1, 0.15) is 29.8 Å². The number of halogens is 2. The average molecular weight is 520 g/mol. The van der Waals surface area contributed by atoms with Gasteiger partial charge in [-0.05, 0) is 49.2 Å². The van der Waals surface area contributed by atoms with E-state index in [4.69, 9.17) is 14.2 Å². The summed E-state index contributed by atoms with van der Waals surface area (Å²) in [7, 11) is 4.69. The van der Waals surface area contributed by atoms with E-state index in [1.165, 1.54) is 13.2 Å². The fourth-order valence-corrected chi connectivity index (χ4v) is 4.36. The molecule has 3 atom stereocenters. The lowest BCUT2D eigenvalue weighted by molar-refractivity contribution is -0.119. The largest absolute Gasteiger partial charge is 0.491 e. The van der Waals surface area contributed by atoms with Gasteiger partial charge in [0.15, 0.2) is 0 Å². The van der Waals surface area contributed by atoms with Crippen molar-refractivity contribution in [1.82, 2.24) is 9.80 Å². The molecule has 2 aromatic rings. The molecule has 0 spiro atoms. The van der Waals surface area contributed by atoms with Gasteiger partial charge in [-0.3, -0.25) is 14.5 Å². The summed E-state index contributed by atoms with van der Waals surface area (Å²) in [6.45, 7) is 5.00. The van der Waals surface area contributed by atoms with Crippen LogP contribution >= 0.6 is 0 Å². The smallest absolute Gasteiger partial charge is 0.257 e. The number of nitrogens with zero attached hydrogens (tertiary/aromatic N) is 2. The van der Waals surface area contributed by atoms with Gasteiger partial charge in [-0.1, -0.05) is 6.92 Å². The summed E-state index contributed by atoms with van der Waals surface area (Å²) in [5, 5.41) is 2.71. The van der Waals surface area contributed by atoms with Gasteiger partial charge in [-0.25, -0.2) is 8.78 Å². The Balaban J connectivity index is 1.94. The first-order chi connectivity index (χ1) is 17.6. The Kier molecular flexibility index (Phi) is 9.96. The first kappa shape index (κ1) is 28.5. The number of anilines is 1. The number of amides is 2. The summed E-state index contributed by atoms with van der Waals surface area (Å²) in [6.07, 6.45) is -0.311. The monoisotopic (exact) mass is 519 g/mol. The average Bonchev–Trinajstić information content (AvgIpc) is 2.86. The number of ether oxygens (including phenoxy) is 3. The molecule has 0 saturated carbocycles. The van der Waals surface area contributed by atoms with Gasteiger partial charge in [0, 0.05) is 58.2 Å². The molecule has 0 bridgehead atoms. The topological polar surface area (TPSA) is 80.3 Å². The summed E-state index contributed by atoms with van der Waals surface area (Å²) in [5.74, 6) is -1.29. The van der Waals surface area contributed by atoms with Crippen LogP contribution in [-0.2, 0) is 20.8 Å². The number of carbonyl (C=O) groups is 2. The lowest BCUT2D eigenvalue weighted by Gasteiger charge is -2.36. The molecule has 1 aliphatic rings. The normalized spacial score (nSPS) is 21.4.